The molecule has 1 aromatic rings. The van der Waals surface area contributed by atoms with E-state index in [1.165, 1.54) is 0 Å². The molecule has 0 radical (unpaired) electrons. The minimum Gasteiger partial charge on any atom is -0.456 e. The van der Waals surface area contributed by atoms with Crippen LogP contribution in [-0.2, 0) is 20.3 Å². The van der Waals surface area contributed by atoms with E-state index in [0.717, 1.165) is 24.2 Å². The molecule has 21 heavy (non-hydrogen) atoms. The van der Waals surface area contributed by atoms with E-state index in [9.17, 15) is 9.00 Å². The Hall–Kier alpha value is -1.20. The first kappa shape index (κ1) is 16.2. The Morgan fingerprint density at radius 1 is 1.19 bits per heavy atom. The molecule has 0 N–H and O–H groups in total. The fraction of sp³-hybridized carbons (Fsp3) is 0.562. The Kier molecular flexibility index (Phi) is 5.53. The molecule has 116 valence electrons. The second-order valence-corrected chi connectivity index (χ2v) is 7.53. The Balaban J connectivity index is 2.01. The molecule has 0 aliphatic heterocycles. The zero-order valence-corrected chi connectivity index (χ0v) is 13.5. The van der Waals surface area contributed by atoms with Gasteiger partial charge < -0.3 is 9.47 Å². The van der Waals surface area contributed by atoms with Crippen LogP contribution in [0.25, 0.3) is 0 Å². The highest BCUT2D eigenvalue weighted by Gasteiger charge is 2.30. The summed E-state index contributed by atoms with van der Waals surface area (Å²) in [6.07, 6.45) is 2.64. The third kappa shape index (κ3) is 3.92. The van der Waals surface area contributed by atoms with Gasteiger partial charge in [-0.1, -0.05) is 13.8 Å². The Morgan fingerprint density at radius 3 is 2.38 bits per heavy atom. The first-order valence-electron chi connectivity index (χ1n) is 7.27. The molecule has 0 unspecified atom stereocenters. The number of carbonyl (C=O) groups is 1. The van der Waals surface area contributed by atoms with Gasteiger partial charge in [-0.3, -0.25) is 4.21 Å². The highest BCUT2D eigenvalue weighted by atomic mass is 32.2. The normalized spacial score (nSPS) is 23.2. The standard InChI is InChI=1S/C16H22O4S/c1-11(2)21(18)13-9-7-12(8-10-13)16(17)20-15-6-4-5-14(15)19-3/h7-11,14-15H,4-6H2,1-3H3/t14-,15-,21+/m1/s1. The molecule has 0 spiro atoms. The predicted molar refractivity (Wildman–Crippen MR) is 81.8 cm³/mol. The summed E-state index contributed by atoms with van der Waals surface area (Å²) >= 11 is 0. The number of carbonyl (C=O) groups excluding carboxylic acids is 1. The molecule has 1 aliphatic carbocycles. The van der Waals surface area contributed by atoms with Gasteiger partial charge in [-0.25, -0.2) is 4.79 Å². The van der Waals surface area contributed by atoms with E-state index in [1.807, 2.05) is 13.8 Å². The van der Waals surface area contributed by atoms with Crippen molar-refractivity contribution in [1.82, 2.24) is 0 Å². The van der Waals surface area contributed by atoms with Crippen LogP contribution in [-0.4, -0.2) is 34.7 Å². The van der Waals surface area contributed by atoms with Crippen LogP contribution in [0.2, 0.25) is 0 Å². The molecular formula is C16H22O4S. The van der Waals surface area contributed by atoms with Gasteiger partial charge in [0.05, 0.1) is 22.5 Å². The number of rotatable bonds is 5. The summed E-state index contributed by atoms with van der Waals surface area (Å²) in [6, 6.07) is 6.81. The summed E-state index contributed by atoms with van der Waals surface area (Å²) in [5, 5.41) is 0.0590. The number of hydrogen-bond acceptors (Lipinski definition) is 4. The first-order chi connectivity index (χ1) is 10.0. The van der Waals surface area contributed by atoms with Gasteiger partial charge in [-0.05, 0) is 43.5 Å². The second-order valence-electron chi connectivity index (χ2n) is 5.52. The molecule has 4 nitrogen and oxygen atoms in total. The molecule has 1 aromatic carbocycles. The van der Waals surface area contributed by atoms with Crippen molar-refractivity contribution in [2.24, 2.45) is 0 Å². The second kappa shape index (κ2) is 7.18. The maximum Gasteiger partial charge on any atom is 0.338 e. The third-order valence-electron chi connectivity index (χ3n) is 3.70. The van der Waals surface area contributed by atoms with E-state index in [0.29, 0.717) is 5.56 Å². The molecular weight excluding hydrogens is 288 g/mol. The first-order valence-corrected chi connectivity index (χ1v) is 8.48. The van der Waals surface area contributed by atoms with Crippen molar-refractivity contribution in [3.05, 3.63) is 29.8 Å². The fourth-order valence-electron chi connectivity index (χ4n) is 2.50. The molecule has 0 amide bonds. The molecule has 5 heteroatoms. The molecule has 1 aliphatic rings. The topological polar surface area (TPSA) is 52.6 Å². The SMILES string of the molecule is CO[C@@H]1CCC[C@H]1OC(=O)c1ccc([S@@](=O)C(C)C)cc1. The molecule has 0 aromatic heterocycles. The summed E-state index contributed by atoms with van der Waals surface area (Å²) < 4.78 is 22.8. The maximum absolute atomic E-state index is 12.1. The van der Waals surface area contributed by atoms with Crippen LogP contribution in [0, 0.1) is 0 Å². The summed E-state index contributed by atoms with van der Waals surface area (Å²) in [6.45, 7) is 3.81. The summed E-state index contributed by atoms with van der Waals surface area (Å²) in [7, 11) is 0.606. The van der Waals surface area contributed by atoms with Gasteiger partial charge in [0.25, 0.3) is 0 Å². The van der Waals surface area contributed by atoms with Crippen LogP contribution >= 0.6 is 0 Å². The van der Waals surface area contributed by atoms with Crippen molar-refractivity contribution in [2.45, 2.75) is 55.5 Å². The lowest BCUT2D eigenvalue weighted by atomic mass is 10.2. The van der Waals surface area contributed by atoms with Gasteiger partial charge in [-0.15, -0.1) is 0 Å². The maximum atomic E-state index is 12.1. The zero-order chi connectivity index (χ0) is 15.4. The molecule has 0 heterocycles. The Bertz CT molecular complexity index is 510. The average Bonchev–Trinajstić information content (AvgIpc) is 2.93. The van der Waals surface area contributed by atoms with Crippen LogP contribution in [0.1, 0.15) is 43.5 Å². The minimum atomic E-state index is -1.04. The van der Waals surface area contributed by atoms with Gasteiger partial charge in [0, 0.05) is 17.3 Å². The quantitative estimate of drug-likeness (QED) is 0.785. The van der Waals surface area contributed by atoms with Crippen LogP contribution in [0.5, 0.6) is 0 Å². The Labute approximate surface area is 128 Å². The van der Waals surface area contributed by atoms with Gasteiger partial charge in [-0.2, -0.15) is 0 Å². The van der Waals surface area contributed by atoms with Crippen molar-refractivity contribution < 1.29 is 18.5 Å². The minimum absolute atomic E-state index is 0.00154. The number of methoxy groups -OCH3 is 1. The number of benzene rings is 1. The van der Waals surface area contributed by atoms with Crippen LogP contribution in [0.3, 0.4) is 0 Å². The third-order valence-corrected chi connectivity index (χ3v) is 5.30. The Morgan fingerprint density at radius 2 is 1.81 bits per heavy atom. The molecule has 0 bridgehead atoms. The lowest BCUT2D eigenvalue weighted by Gasteiger charge is -2.18. The lowest BCUT2D eigenvalue weighted by molar-refractivity contribution is -0.0206. The fourth-order valence-corrected chi connectivity index (χ4v) is 3.45. The number of hydrogen-bond donors (Lipinski definition) is 0. The van der Waals surface area contributed by atoms with Gasteiger partial charge in [0.2, 0.25) is 0 Å². The van der Waals surface area contributed by atoms with E-state index in [-0.39, 0.29) is 23.4 Å². The molecule has 1 saturated carbocycles. The van der Waals surface area contributed by atoms with E-state index in [4.69, 9.17) is 9.47 Å². The van der Waals surface area contributed by atoms with Crippen molar-refractivity contribution >= 4 is 16.8 Å². The van der Waals surface area contributed by atoms with Crippen LogP contribution < -0.4 is 0 Å². The number of esters is 1. The van der Waals surface area contributed by atoms with Crippen LogP contribution in [0.15, 0.2) is 29.2 Å². The van der Waals surface area contributed by atoms with Crippen LogP contribution in [0.4, 0.5) is 0 Å². The van der Waals surface area contributed by atoms with E-state index in [1.54, 1.807) is 31.4 Å². The van der Waals surface area contributed by atoms with Crippen molar-refractivity contribution in [3.8, 4) is 0 Å². The summed E-state index contributed by atoms with van der Waals surface area (Å²) in [5.74, 6) is -0.342. The highest BCUT2D eigenvalue weighted by Crippen LogP contribution is 2.25. The summed E-state index contributed by atoms with van der Waals surface area (Å²) in [5.41, 5.74) is 0.487. The highest BCUT2D eigenvalue weighted by molar-refractivity contribution is 7.85. The molecule has 1 fully saturated rings. The average molecular weight is 310 g/mol. The smallest absolute Gasteiger partial charge is 0.338 e. The molecule has 3 atom stereocenters. The summed E-state index contributed by atoms with van der Waals surface area (Å²) in [4.78, 5) is 12.9. The predicted octanol–water partition coefficient (Wildman–Crippen LogP) is 2.93. The number of ether oxygens (including phenoxy) is 2. The zero-order valence-electron chi connectivity index (χ0n) is 12.7. The van der Waals surface area contributed by atoms with Crippen molar-refractivity contribution in [1.29, 1.82) is 0 Å². The van der Waals surface area contributed by atoms with Crippen molar-refractivity contribution in [2.75, 3.05) is 7.11 Å². The van der Waals surface area contributed by atoms with Gasteiger partial charge >= 0.3 is 5.97 Å². The van der Waals surface area contributed by atoms with E-state index < -0.39 is 10.8 Å². The van der Waals surface area contributed by atoms with Gasteiger partial charge in [0.1, 0.15) is 6.10 Å². The van der Waals surface area contributed by atoms with E-state index in [2.05, 4.69) is 0 Å². The molecule has 0 saturated heterocycles. The largest absolute Gasteiger partial charge is 0.456 e. The molecule has 2 rings (SSSR count). The monoisotopic (exact) mass is 310 g/mol. The van der Waals surface area contributed by atoms with Crippen molar-refractivity contribution in [3.63, 3.8) is 0 Å². The van der Waals surface area contributed by atoms with E-state index >= 15 is 0 Å². The van der Waals surface area contributed by atoms with Gasteiger partial charge in [0.15, 0.2) is 0 Å². The lowest BCUT2D eigenvalue weighted by Crippen LogP contribution is -2.27.